The normalized spacial score (nSPS) is 10.6. The third-order valence-electron chi connectivity index (χ3n) is 1.15. The summed E-state index contributed by atoms with van der Waals surface area (Å²) in [7, 11) is 0. The molecule has 0 aliphatic carbocycles. The van der Waals surface area contributed by atoms with Gasteiger partial charge in [0.05, 0.1) is 11.9 Å². The van der Waals surface area contributed by atoms with Crippen LogP contribution in [-0.2, 0) is 0 Å². The van der Waals surface area contributed by atoms with Crippen LogP contribution in [0.5, 0.6) is 0 Å². The van der Waals surface area contributed by atoms with E-state index in [0.29, 0.717) is 0 Å². The molecular formula is C5H3BF3KO2. The van der Waals surface area contributed by atoms with Crippen molar-refractivity contribution >= 4 is 18.9 Å². The zero-order valence-electron chi connectivity index (χ0n) is 6.26. The van der Waals surface area contributed by atoms with Crippen LogP contribution < -0.4 is 57.0 Å². The van der Waals surface area contributed by atoms with Gasteiger partial charge in [0.25, 0.3) is 0 Å². The summed E-state index contributed by atoms with van der Waals surface area (Å²) in [5, 5.41) is 0. The van der Waals surface area contributed by atoms with E-state index < -0.39 is 18.2 Å². The smallest absolute Gasteiger partial charge is 0.500 e. The van der Waals surface area contributed by atoms with Gasteiger partial charge in [-0.05, 0) is 6.07 Å². The van der Waals surface area contributed by atoms with Crippen molar-refractivity contribution in [3.63, 3.8) is 0 Å². The van der Waals surface area contributed by atoms with Crippen molar-refractivity contribution in [1.29, 1.82) is 0 Å². The van der Waals surface area contributed by atoms with Gasteiger partial charge in [-0.3, -0.25) is 4.79 Å². The van der Waals surface area contributed by atoms with E-state index in [4.69, 9.17) is 0 Å². The van der Waals surface area contributed by atoms with E-state index in [0.717, 1.165) is 12.3 Å². The molecule has 2 nitrogen and oxygen atoms in total. The Labute approximate surface area is 109 Å². The van der Waals surface area contributed by atoms with Gasteiger partial charge < -0.3 is 17.4 Å². The Balaban J connectivity index is 0.00000121. The van der Waals surface area contributed by atoms with Crippen molar-refractivity contribution < 1.29 is 73.5 Å². The topological polar surface area (TPSA) is 30.2 Å². The number of hydrogen-bond acceptors (Lipinski definition) is 2. The van der Waals surface area contributed by atoms with Crippen molar-refractivity contribution in [2.75, 3.05) is 0 Å². The van der Waals surface area contributed by atoms with Gasteiger partial charge in [0, 0.05) is 5.56 Å². The first-order valence-electron chi connectivity index (χ1n) is 2.78. The maximum Gasteiger partial charge on any atom is 1.00 e. The van der Waals surface area contributed by atoms with Crippen LogP contribution in [0.25, 0.3) is 0 Å². The Morgan fingerprint density at radius 1 is 1.42 bits per heavy atom. The molecule has 0 amide bonds. The van der Waals surface area contributed by atoms with Crippen molar-refractivity contribution in [3.05, 3.63) is 17.9 Å². The number of aldehydes is 1. The monoisotopic (exact) mass is 202 g/mol. The van der Waals surface area contributed by atoms with Crippen LogP contribution in [0.2, 0.25) is 0 Å². The first-order chi connectivity index (χ1) is 5.05. The minimum absolute atomic E-state index is 0. The van der Waals surface area contributed by atoms with E-state index >= 15 is 0 Å². The molecule has 7 heteroatoms. The number of furan rings is 1. The second-order valence-corrected chi connectivity index (χ2v) is 1.93. The number of carbonyl (C=O) groups excluding carboxylic acids is 1. The molecule has 0 aromatic carbocycles. The Hall–Kier alpha value is 0.441. The molecule has 0 fully saturated rings. The molecule has 1 rings (SSSR count). The largest absolute Gasteiger partial charge is 1.00 e. The maximum absolute atomic E-state index is 11.9. The van der Waals surface area contributed by atoms with E-state index in [1.54, 1.807) is 0 Å². The van der Waals surface area contributed by atoms with Crippen molar-refractivity contribution in [1.82, 2.24) is 0 Å². The molecule has 12 heavy (non-hydrogen) atoms. The number of rotatable bonds is 2. The Morgan fingerprint density at radius 3 is 2.33 bits per heavy atom. The van der Waals surface area contributed by atoms with Crippen molar-refractivity contribution in [2.24, 2.45) is 0 Å². The van der Waals surface area contributed by atoms with Gasteiger partial charge in [0.15, 0.2) is 0 Å². The van der Waals surface area contributed by atoms with Gasteiger partial charge in [-0.2, -0.15) is 0 Å². The number of halogens is 3. The van der Waals surface area contributed by atoms with Crippen LogP contribution in [0.1, 0.15) is 10.4 Å². The van der Waals surface area contributed by atoms with Crippen molar-refractivity contribution in [3.8, 4) is 0 Å². The molecular weight excluding hydrogens is 199 g/mol. The number of hydrogen-bond donors (Lipinski definition) is 0. The number of carbonyl (C=O) groups is 1. The predicted octanol–water partition coefficient (Wildman–Crippen LogP) is -1.85. The van der Waals surface area contributed by atoms with Gasteiger partial charge in [-0.25, -0.2) is 0 Å². The first-order valence-corrected chi connectivity index (χ1v) is 2.78. The van der Waals surface area contributed by atoms with Gasteiger partial charge >= 0.3 is 58.4 Å². The third-order valence-corrected chi connectivity index (χ3v) is 1.15. The van der Waals surface area contributed by atoms with Gasteiger partial charge in [0.2, 0.25) is 0 Å². The van der Waals surface area contributed by atoms with Crippen LogP contribution in [0.4, 0.5) is 12.9 Å². The Morgan fingerprint density at radius 2 is 2.00 bits per heavy atom. The summed E-state index contributed by atoms with van der Waals surface area (Å²) in [5.41, 5.74) is -1.63. The molecule has 0 saturated heterocycles. The summed E-state index contributed by atoms with van der Waals surface area (Å²) in [5.74, 6) is 0. The molecule has 0 radical (unpaired) electrons. The Bertz CT molecular complexity index is 270. The summed E-state index contributed by atoms with van der Waals surface area (Å²) in [6.07, 6.45) is 0.961. The average molecular weight is 202 g/mol. The fourth-order valence-corrected chi connectivity index (χ4v) is 0.694. The molecule has 60 valence electrons. The first kappa shape index (κ1) is 12.4. The average Bonchev–Trinajstić information content (AvgIpc) is 2.31. The molecule has 1 aromatic heterocycles. The van der Waals surface area contributed by atoms with E-state index in [1.807, 2.05) is 0 Å². The van der Waals surface area contributed by atoms with Crippen LogP contribution in [-0.4, -0.2) is 13.3 Å². The second kappa shape index (κ2) is 4.61. The minimum atomic E-state index is -5.20. The molecule has 1 aromatic rings. The molecule has 0 spiro atoms. The zero-order valence-corrected chi connectivity index (χ0v) is 9.38. The van der Waals surface area contributed by atoms with Crippen LogP contribution in [0.15, 0.2) is 16.7 Å². The van der Waals surface area contributed by atoms with Crippen LogP contribution in [0.3, 0.4) is 0 Å². The van der Waals surface area contributed by atoms with Gasteiger partial charge in [-0.1, -0.05) is 0 Å². The molecule has 0 N–H and O–H groups in total. The van der Waals surface area contributed by atoms with E-state index in [1.165, 1.54) is 0 Å². The summed E-state index contributed by atoms with van der Waals surface area (Å²) in [4.78, 5) is 9.99. The summed E-state index contributed by atoms with van der Waals surface area (Å²) >= 11 is 0. The third kappa shape index (κ3) is 2.74. The quantitative estimate of drug-likeness (QED) is 0.416. The molecule has 0 atom stereocenters. The minimum Gasteiger partial charge on any atom is -0.500 e. The van der Waals surface area contributed by atoms with Gasteiger partial charge in [0.1, 0.15) is 6.29 Å². The predicted molar refractivity (Wildman–Crippen MR) is 32.8 cm³/mol. The van der Waals surface area contributed by atoms with E-state index in [-0.39, 0.29) is 57.7 Å². The van der Waals surface area contributed by atoms with Gasteiger partial charge in [-0.15, -0.1) is 0 Å². The molecule has 0 bridgehead atoms. The Kier molecular flexibility index (Phi) is 4.78. The standard InChI is InChI=1S/C5H3BF3O2.K/c7-6(8,9)5-4(3-10)1-2-11-5;/h1-3H;/q-1;+1. The molecule has 0 unspecified atom stereocenters. The van der Waals surface area contributed by atoms with E-state index in [2.05, 4.69) is 4.42 Å². The molecule has 0 aliphatic heterocycles. The summed E-state index contributed by atoms with van der Waals surface area (Å²) in [6.45, 7) is -5.20. The summed E-state index contributed by atoms with van der Waals surface area (Å²) < 4.78 is 39.7. The SMILES string of the molecule is O=Cc1ccoc1[B-](F)(F)F.[K+]. The molecule has 0 saturated carbocycles. The fraction of sp³-hybridized carbons (Fsp3) is 0. The maximum atomic E-state index is 11.9. The van der Waals surface area contributed by atoms with Crippen LogP contribution in [0, 0.1) is 0 Å². The van der Waals surface area contributed by atoms with E-state index in [9.17, 15) is 17.7 Å². The molecule has 1 heterocycles. The second-order valence-electron chi connectivity index (χ2n) is 1.93. The summed E-state index contributed by atoms with van der Waals surface area (Å²) in [6, 6.07) is 0.984. The molecule has 0 aliphatic rings. The zero-order chi connectivity index (χ0) is 8.48. The van der Waals surface area contributed by atoms with Crippen molar-refractivity contribution in [2.45, 2.75) is 0 Å². The van der Waals surface area contributed by atoms with Crippen LogP contribution >= 0.6 is 0 Å². The fourth-order valence-electron chi connectivity index (χ4n) is 0.694.